The summed E-state index contributed by atoms with van der Waals surface area (Å²) in [6.07, 6.45) is 0.833. The van der Waals surface area contributed by atoms with Gasteiger partial charge in [0.05, 0.1) is 0 Å². The molecule has 1 heterocycles. The van der Waals surface area contributed by atoms with Crippen LogP contribution >= 0.6 is 7.82 Å². The molecule has 0 aromatic carbocycles. The molecule has 0 aliphatic heterocycles. The lowest BCUT2D eigenvalue weighted by Gasteiger charge is -1.93. The van der Waals surface area contributed by atoms with Crippen molar-refractivity contribution in [3.63, 3.8) is 0 Å². The number of nitrogens with two attached hydrogens (primary N) is 3. The van der Waals surface area contributed by atoms with Crippen molar-refractivity contribution in [3.05, 3.63) is 12.7 Å². The number of phosphoric acid groups is 1. The van der Waals surface area contributed by atoms with Crippen molar-refractivity contribution in [1.82, 2.24) is 15.0 Å². The van der Waals surface area contributed by atoms with Crippen LogP contribution in [0.2, 0.25) is 0 Å². The molecule has 108 valence electrons. The highest BCUT2D eigenvalue weighted by Gasteiger charge is 2.00. The third-order valence-corrected chi connectivity index (χ3v) is 0.862. The van der Waals surface area contributed by atoms with Crippen LogP contribution in [0.3, 0.4) is 0 Å². The first-order valence-corrected chi connectivity index (χ1v) is 5.68. The summed E-state index contributed by atoms with van der Waals surface area (Å²) in [5.74, 6) is -0.856. The number of aliphatic carboxylic acids is 1. The summed E-state index contributed by atoms with van der Waals surface area (Å²) in [5.41, 5.74) is 15.4. The highest BCUT2D eigenvalue weighted by Crippen LogP contribution is 2.25. The van der Waals surface area contributed by atoms with Crippen molar-refractivity contribution in [2.45, 2.75) is 0 Å². The summed E-state index contributed by atoms with van der Waals surface area (Å²) < 4.78 is 8.88. The van der Waals surface area contributed by atoms with Crippen LogP contribution in [0.25, 0.3) is 0 Å². The summed E-state index contributed by atoms with van der Waals surface area (Å²) in [6, 6.07) is 0. The predicted octanol–water partition coefficient (Wildman–Crippen LogP) is -2.05. The zero-order valence-corrected chi connectivity index (χ0v) is 10.3. The van der Waals surface area contributed by atoms with Gasteiger partial charge in [-0.1, -0.05) is 6.58 Å². The number of nitrogens with zero attached hydrogens (tertiary/aromatic N) is 3. The molecule has 0 amide bonds. The Morgan fingerprint density at radius 1 is 1.05 bits per heavy atom. The summed E-state index contributed by atoms with van der Waals surface area (Å²) in [5, 5.41) is 7.60. The maximum Gasteiger partial charge on any atom is 0.466 e. The molecule has 0 radical (unpaired) electrons. The van der Waals surface area contributed by atoms with E-state index in [1.54, 1.807) is 0 Å². The van der Waals surface area contributed by atoms with E-state index in [2.05, 4.69) is 21.5 Å². The molecule has 19 heavy (non-hydrogen) atoms. The molecule has 10 N–H and O–H groups in total. The van der Waals surface area contributed by atoms with Crippen LogP contribution in [0.1, 0.15) is 0 Å². The van der Waals surface area contributed by atoms with Gasteiger partial charge < -0.3 is 37.0 Å². The second-order valence-electron chi connectivity index (χ2n) is 2.47. The maximum absolute atomic E-state index is 9.25. The minimum absolute atomic E-state index is 0.0417. The fourth-order valence-electron chi connectivity index (χ4n) is 0.427. The van der Waals surface area contributed by atoms with Crippen LogP contribution in [-0.4, -0.2) is 40.7 Å². The Morgan fingerprint density at radius 2 is 1.21 bits per heavy atom. The highest BCUT2D eigenvalue weighted by molar-refractivity contribution is 7.45. The fourth-order valence-corrected chi connectivity index (χ4v) is 0.427. The van der Waals surface area contributed by atoms with Crippen LogP contribution in [0, 0.1) is 0 Å². The van der Waals surface area contributed by atoms with Crippen LogP contribution in [0.15, 0.2) is 12.7 Å². The lowest BCUT2D eigenvalue weighted by Crippen LogP contribution is -2.05. The van der Waals surface area contributed by atoms with Gasteiger partial charge in [-0.15, -0.1) is 0 Å². The lowest BCUT2D eigenvalue weighted by molar-refractivity contribution is -0.131. The van der Waals surface area contributed by atoms with Gasteiger partial charge in [0.1, 0.15) is 0 Å². The van der Waals surface area contributed by atoms with Crippen LogP contribution in [-0.2, 0) is 9.36 Å². The summed E-state index contributed by atoms with van der Waals surface area (Å²) in [4.78, 5) is 41.3. The Kier molecular flexibility index (Phi) is 8.80. The number of anilines is 3. The van der Waals surface area contributed by atoms with E-state index >= 15 is 0 Å². The third-order valence-electron chi connectivity index (χ3n) is 0.862. The van der Waals surface area contributed by atoms with E-state index in [1.807, 2.05) is 0 Å². The Labute approximate surface area is 106 Å². The molecule has 12 nitrogen and oxygen atoms in total. The van der Waals surface area contributed by atoms with Crippen molar-refractivity contribution >= 4 is 31.6 Å². The van der Waals surface area contributed by atoms with E-state index in [9.17, 15) is 4.79 Å². The molecule has 13 heteroatoms. The first-order valence-electron chi connectivity index (χ1n) is 4.11. The molecular formula is C6H13N6O6P. The SMILES string of the molecule is C=CC(=O)O.Nc1nc(N)nc(N)n1.O=P(O)(O)O. The average Bonchev–Trinajstić information content (AvgIpc) is 2.13. The zero-order valence-electron chi connectivity index (χ0n) is 9.41. The Hall–Kier alpha value is -2.27. The standard InChI is InChI=1S/C3H6N6.C3H4O2.H3O4P/c4-1-7-2(5)9-3(6)8-1;1-2-3(4)5;1-5(2,3)4/h(H6,4,5,6,7,8,9);2H,1H2,(H,4,5);(H3,1,2,3,4). The Balaban J connectivity index is 0. The average molecular weight is 296 g/mol. The molecule has 1 aromatic heterocycles. The minimum atomic E-state index is -4.64. The highest BCUT2D eigenvalue weighted by atomic mass is 31.2. The molecule has 0 saturated carbocycles. The Bertz CT molecular complexity index is 417. The van der Waals surface area contributed by atoms with Crippen LogP contribution in [0.4, 0.5) is 17.8 Å². The second-order valence-corrected chi connectivity index (χ2v) is 3.49. The van der Waals surface area contributed by atoms with Gasteiger partial charge in [-0.05, 0) is 0 Å². The second kappa shape index (κ2) is 8.77. The summed E-state index contributed by atoms with van der Waals surface area (Å²) >= 11 is 0. The summed E-state index contributed by atoms with van der Waals surface area (Å²) in [6.45, 7) is 2.96. The van der Waals surface area contributed by atoms with Gasteiger partial charge in [-0.3, -0.25) is 0 Å². The molecule has 0 unspecified atom stereocenters. The number of hydrogen-bond donors (Lipinski definition) is 7. The van der Waals surface area contributed by atoms with Gasteiger partial charge in [-0.2, -0.15) is 15.0 Å². The molecule has 1 rings (SSSR count). The molecule has 0 aliphatic carbocycles. The first-order chi connectivity index (χ1) is 8.45. The number of carboxylic acid groups (broad SMARTS) is 1. The number of carboxylic acids is 1. The van der Waals surface area contributed by atoms with Gasteiger partial charge in [0.25, 0.3) is 0 Å². The van der Waals surface area contributed by atoms with Crippen LogP contribution in [0.5, 0.6) is 0 Å². The van der Waals surface area contributed by atoms with Gasteiger partial charge in [0, 0.05) is 6.08 Å². The third kappa shape index (κ3) is 21.6. The molecule has 0 atom stereocenters. The fraction of sp³-hybridized carbons (Fsp3) is 0. The topological polar surface area (TPSA) is 232 Å². The molecule has 0 aliphatic rings. The molecule has 0 fully saturated rings. The van der Waals surface area contributed by atoms with Crippen molar-refractivity contribution in [2.24, 2.45) is 0 Å². The smallest absolute Gasteiger partial charge is 0.466 e. The van der Waals surface area contributed by atoms with E-state index < -0.39 is 13.8 Å². The normalized spacial score (nSPS) is 9.21. The Morgan fingerprint density at radius 3 is 1.32 bits per heavy atom. The van der Waals surface area contributed by atoms with E-state index in [1.165, 1.54) is 0 Å². The van der Waals surface area contributed by atoms with Crippen molar-refractivity contribution < 1.29 is 29.1 Å². The number of aromatic nitrogens is 3. The number of rotatable bonds is 1. The molecular weight excluding hydrogens is 283 g/mol. The largest absolute Gasteiger partial charge is 0.478 e. The maximum atomic E-state index is 9.25. The predicted molar refractivity (Wildman–Crippen MR) is 65.2 cm³/mol. The van der Waals surface area contributed by atoms with E-state index in [4.69, 9.17) is 41.6 Å². The molecule has 0 spiro atoms. The lowest BCUT2D eigenvalue weighted by atomic mass is 10.7. The summed E-state index contributed by atoms with van der Waals surface area (Å²) in [7, 11) is -4.64. The number of nitrogen functional groups attached to an aromatic ring is 3. The quantitative estimate of drug-likeness (QED) is 0.219. The molecule has 1 aromatic rings. The van der Waals surface area contributed by atoms with E-state index in [0.717, 1.165) is 6.08 Å². The van der Waals surface area contributed by atoms with Gasteiger partial charge >= 0.3 is 13.8 Å². The first kappa shape index (κ1) is 19.1. The number of carbonyl (C=O) groups is 1. The van der Waals surface area contributed by atoms with Crippen LogP contribution < -0.4 is 17.2 Å². The van der Waals surface area contributed by atoms with Gasteiger partial charge in [-0.25, -0.2) is 9.36 Å². The molecule has 0 bridgehead atoms. The minimum Gasteiger partial charge on any atom is -0.478 e. The van der Waals surface area contributed by atoms with E-state index in [0.29, 0.717) is 0 Å². The van der Waals surface area contributed by atoms with Gasteiger partial charge in [0.2, 0.25) is 17.8 Å². The molecule has 0 saturated heterocycles. The monoisotopic (exact) mass is 296 g/mol. The van der Waals surface area contributed by atoms with Crippen molar-refractivity contribution in [2.75, 3.05) is 17.2 Å². The number of hydrogen-bond acceptors (Lipinski definition) is 8. The zero-order chi connectivity index (χ0) is 15.6. The van der Waals surface area contributed by atoms with Gasteiger partial charge in [0.15, 0.2) is 0 Å². The van der Waals surface area contributed by atoms with Crippen molar-refractivity contribution in [3.8, 4) is 0 Å². The van der Waals surface area contributed by atoms with Crippen molar-refractivity contribution in [1.29, 1.82) is 0 Å². The van der Waals surface area contributed by atoms with E-state index in [-0.39, 0.29) is 17.8 Å².